The summed E-state index contributed by atoms with van der Waals surface area (Å²) in [6.45, 7) is 2.73. The zero-order valence-corrected chi connectivity index (χ0v) is 10.7. The van der Waals surface area contributed by atoms with E-state index in [0.29, 0.717) is 0 Å². The van der Waals surface area contributed by atoms with Crippen LogP contribution in [-0.4, -0.2) is 22.1 Å². The molecule has 2 aromatic heterocycles. The highest BCUT2D eigenvalue weighted by Crippen LogP contribution is 2.15. The van der Waals surface area contributed by atoms with E-state index in [-0.39, 0.29) is 6.61 Å². The summed E-state index contributed by atoms with van der Waals surface area (Å²) in [5.74, 6) is 0.904. The van der Waals surface area contributed by atoms with Crippen LogP contribution in [0.15, 0.2) is 36.7 Å². The van der Waals surface area contributed by atoms with Crippen LogP contribution in [-0.2, 0) is 13.2 Å². The van der Waals surface area contributed by atoms with Crippen LogP contribution in [0, 0.1) is 6.92 Å². The van der Waals surface area contributed by atoms with Crippen LogP contribution >= 0.6 is 0 Å². The maximum atomic E-state index is 9.12. The topological polar surface area (TPSA) is 49.2 Å². The van der Waals surface area contributed by atoms with Crippen LogP contribution in [0.2, 0.25) is 0 Å². The number of aliphatic hydroxyl groups is 1. The van der Waals surface area contributed by atoms with E-state index in [1.807, 2.05) is 38.2 Å². The Balaban J connectivity index is 2.14. The molecule has 4 heteroatoms. The standard InChI is InChI=1S/C14H17N3O/c1-11-13(10-18)3-4-14(16-11)17(2)9-12-5-7-15-8-6-12/h3-8,18H,9-10H2,1-2H3. The van der Waals surface area contributed by atoms with Crippen molar-refractivity contribution in [2.75, 3.05) is 11.9 Å². The minimum absolute atomic E-state index is 0.0349. The average Bonchev–Trinajstić information content (AvgIpc) is 2.39. The number of aliphatic hydroxyl groups excluding tert-OH is 1. The van der Waals surface area contributed by atoms with Gasteiger partial charge in [-0.15, -0.1) is 0 Å². The molecule has 0 saturated heterocycles. The first-order valence-corrected chi connectivity index (χ1v) is 5.88. The normalized spacial score (nSPS) is 10.4. The van der Waals surface area contributed by atoms with Crippen molar-refractivity contribution < 1.29 is 5.11 Å². The van der Waals surface area contributed by atoms with Gasteiger partial charge in [-0.3, -0.25) is 4.98 Å². The summed E-state index contributed by atoms with van der Waals surface area (Å²) in [5, 5.41) is 9.12. The number of pyridine rings is 2. The molecule has 0 radical (unpaired) electrons. The van der Waals surface area contributed by atoms with Crippen molar-refractivity contribution >= 4 is 5.82 Å². The van der Waals surface area contributed by atoms with Crippen LogP contribution in [0.3, 0.4) is 0 Å². The number of hydrogen-bond acceptors (Lipinski definition) is 4. The molecule has 0 aliphatic heterocycles. The monoisotopic (exact) mass is 243 g/mol. The molecule has 2 rings (SSSR count). The summed E-state index contributed by atoms with van der Waals surface area (Å²) in [4.78, 5) is 10.6. The van der Waals surface area contributed by atoms with Crippen LogP contribution in [0.1, 0.15) is 16.8 Å². The largest absolute Gasteiger partial charge is 0.392 e. The van der Waals surface area contributed by atoms with Crippen molar-refractivity contribution in [3.63, 3.8) is 0 Å². The smallest absolute Gasteiger partial charge is 0.128 e. The number of hydrogen-bond donors (Lipinski definition) is 1. The van der Waals surface area contributed by atoms with E-state index in [4.69, 9.17) is 5.11 Å². The molecule has 0 bridgehead atoms. The molecule has 0 saturated carbocycles. The van der Waals surface area contributed by atoms with Gasteiger partial charge in [-0.1, -0.05) is 6.07 Å². The van der Waals surface area contributed by atoms with E-state index in [0.717, 1.165) is 23.6 Å². The maximum Gasteiger partial charge on any atom is 0.128 e. The van der Waals surface area contributed by atoms with Gasteiger partial charge in [0.15, 0.2) is 0 Å². The highest BCUT2D eigenvalue weighted by atomic mass is 16.3. The van der Waals surface area contributed by atoms with Gasteiger partial charge >= 0.3 is 0 Å². The third-order valence-electron chi connectivity index (χ3n) is 2.91. The molecule has 0 fully saturated rings. The molecule has 4 nitrogen and oxygen atoms in total. The lowest BCUT2D eigenvalue weighted by molar-refractivity contribution is 0.280. The molecule has 0 atom stereocenters. The van der Waals surface area contributed by atoms with E-state index in [1.54, 1.807) is 12.4 Å². The molecule has 94 valence electrons. The molecule has 0 unspecified atom stereocenters. The van der Waals surface area contributed by atoms with Gasteiger partial charge in [0.2, 0.25) is 0 Å². The first kappa shape index (κ1) is 12.5. The zero-order valence-electron chi connectivity index (χ0n) is 10.7. The summed E-state index contributed by atoms with van der Waals surface area (Å²) < 4.78 is 0. The van der Waals surface area contributed by atoms with Crippen molar-refractivity contribution in [1.82, 2.24) is 9.97 Å². The van der Waals surface area contributed by atoms with Gasteiger partial charge in [-0.05, 0) is 36.2 Å². The predicted molar refractivity (Wildman–Crippen MR) is 71.2 cm³/mol. The van der Waals surface area contributed by atoms with Crippen molar-refractivity contribution in [2.24, 2.45) is 0 Å². The number of aromatic nitrogens is 2. The SMILES string of the molecule is Cc1nc(N(C)Cc2ccncc2)ccc1CO. The molecular weight excluding hydrogens is 226 g/mol. The fraction of sp³-hybridized carbons (Fsp3) is 0.286. The highest BCUT2D eigenvalue weighted by molar-refractivity contribution is 5.41. The lowest BCUT2D eigenvalue weighted by atomic mass is 10.2. The average molecular weight is 243 g/mol. The molecule has 18 heavy (non-hydrogen) atoms. The van der Waals surface area contributed by atoms with Crippen LogP contribution in [0.25, 0.3) is 0 Å². The second-order valence-corrected chi connectivity index (χ2v) is 4.28. The minimum Gasteiger partial charge on any atom is -0.392 e. The van der Waals surface area contributed by atoms with E-state index in [2.05, 4.69) is 14.9 Å². The fourth-order valence-corrected chi connectivity index (χ4v) is 1.80. The maximum absolute atomic E-state index is 9.12. The Morgan fingerprint density at radius 3 is 2.50 bits per heavy atom. The quantitative estimate of drug-likeness (QED) is 0.891. The number of anilines is 1. The second kappa shape index (κ2) is 5.60. The Kier molecular flexibility index (Phi) is 3.89. The van der Waals surface area contributed by atoms with Crippen LogP contribution in [0.4, 0.5) is 5.82 Å². The van der Waals surface area contributed by atoms with Gasteiger partial charge in [0, 0.05) is 31.7 Å². The molecule has 0 aromatic carbocycles. The first-order valence-electron chi connectivity index (χ1n) is 5.88. The summed E-state index contributed by atoms with van der Waals surface area (Å²) >= 11 is 0. The fourth-order valence-electron chi connectivity index (χ4n) is 1.80. The van der Waals surface area contributed by atoms with E-state index >= 15 is 0 Å². The molecule has 0 aliphatic rings. The van der Waals surface area contributed by atoms with Crippen LogP contribution in [0.5, 0.6) is 0 Å². The number of nitrogens with zero attached hydrogens (tertiary/aromatic N) is 3. The van der Waals surface area contributed by atoms with Gasteiger partial charge in [0.25, 0.3) is 0 Å². The molecule has 0 amide bonds. The second-order valence-electron chi connectivity index (χ2n) is 4.28. The van der Waals surface area contributed by atoms with Crippen LogP contribution < -0.4 is 4.90 Å². The molecule has 2 heterocycles. The Morgan fingerprint density at radius 1 is 1.17 bits per heavy atom. The van der Waals surface area contributed by atoms with Gasteiger partial charge in [-0.25, -0.2) is 4.98 Å². The Labute approximate surface area is 107 Å². The highest BCUT2D eigenvalue weighted by Gasteiger charge is 2.06. The minimum atomic E-state index is 0.0349. The van der Waals surface area contributed by atoms with E-state index in [1.165, 1.54) is 5.56 Å². The lowest BCUT2D eigenvalue weighted by Crippen LogP contribution is -2.18. The van der Waals surface area contributed by atoms with Crippen molar-refractivity contribution in [2.45, 2.75) is 20.1 Å². The van der Waals surface area contributed by atoms with E-state index < -0.39 is 0 Å². The van der Waals surface area contributed by atoms with Gasteiger partial charge in [-0.2, -0.15) is 0 Å². The number of aryl methyl sites for hydroxylation is 1. The third kappa shape index (κ3) is 2.84. The van der Waals surface area contributed by atoms with E-state index in [9.17, 15) is 0 Å². The summed E-state index contributed by atoms with van der Waals surface area (Å²) in [7, 11) is 2.00. The summed E-state index contributed by atoms with van der Waals surface area (Å²) in [5.41, 5.74) is 2.94. The van der Waals surface area contributed by atoms with Gasteiger partial charge < -0.3 is 10.0 Å². The first-order chi connectivity index (χ1) is 8.70. The van der Waals surface area contributed by atoms with Crippen molar-refractivity contribution in [3.05, 3.63) is 53.5 Å². The van der Waals surface area contributed by atoms with Crippen molar-refractivity contribution in [3.8, 4) is 0 Å². The molecule has 0 aliphatic carbocycles. The predicted octanol–water partition coefficient (Wildman–Crippen LogP) is 1.91. The Hall–Kier alpha value is -1.94. The molecule has 1 N–H and O–H groups in total. The van der Waals surface area contributed by atoms with Crippen molar-refractivity contribution in [1.29, 1.82) is 0 Å². The summed E-state index contributed by atoms with van der Waals surface area (Å²) in [6.07, 6.45) is 3.58. The zero-order chi connectivity index (χ0) is 13.0. The van der Waals surface area contributed by atoms with Gasteiger partial charge in [0.1, 0.15) is 5.82 Å². The third-order valence-corrected chi connectivity index (χ3v) is 2.91. The lowest BCUT2D eigenvalue weighted by Gasteiger charge is -2.19. The summed E-state index contributed by atoms with van der Waals surface area (Å²) in [6, 6.07) is 7.83. The Bertz CT molecular complexity index is 514. The number of rotatable bonds is 4. The molecular formula is C14H17N3O. The molecule has 0 spiro atoms. The molecule has 2 aromatic rings. The Morgan fingerprint density at radius 2 is 1.89 bits per heavy atom. The van der Waals surface area contributed by atoms with Gasteiger partial charge in [0.05, 0.1) is 6.61 Å².